The summed E-state index contributed by atoms with van der Waals surface area (Å²) in [7, 11) is 0. The topological polar surface area (TPSA) is 16.1 Å². The SMILES string of the molecule is C1=C(c2cnc3ccccc3c2)CC2CCC1N2Cc1ccccc1. The summed E-state index contributed by atoms with van der Waals surface area (Å²) in [6, 6.07) is 22.8. The zero-order chi connectivity index (χ0) is 16.6. The van der Waals surface area contributed by atoms with Gasteiger partial charge in [-0.1, -0.05) is 54.6 Å². The maximum atomic E-state index is 4.66. The van der Waals surface area contributed by atoms with Crippen LogP contribution >= 0.6 is 0 Å². The van der Waals surface area contributed by atoms with Crippen LogP contribution in [0.2, 0.25) is 0 Å². The average molecular weight is 326 g/mol. The normalized spacial score (nSPS) is 23.0. The summed E-state index contributed by atoms with van der Waals surface area (Å²) in [6.45, 7) is 1.07. The molecule has 0 aliphatic carbocycles. The third-order valence-corrected chi connectivity index (χ3v) is 5.71. The van der Waals surface area contributed by atoms with Crippen LogP contribution in [-0.2, 0) is 6.54 Å². The first-order valence-corrected chi connectivity index (χ1v) is 9.22. The number of benzene rings is 2. The van der Waals surface area contributed by atoms with Crippen molar-refractivity contribution in [3.8, 4) is 0 Å². The number of hydrogen-bond acceptors (Lipinski definition) is 2. The van der Waals surface area contributed by atoms with Crippen molar-refractivity contribution in [3.05, 3.63) is 84.1 Å². The van der Waals surface area contributed by atoms with Gasteiger partial charge in [-0.3, -0.25) is 9.88 Å². The third kappa shape index (κ3) is 2.77. The van der Waals surface area contributed by atoms with Crippen LogP contribution in [0.25, 0.3) is 16.5 Å². The molecule has 0 radical (unpaired) electrons. The van der Waals surface area contributed by atoms with Gasteiger partial charge in [0.2, 0.25) is 0 Å². The van der Waals surface area contributed by atoms with Crippen LogP contribution in [0.5, 0.6) is 0 Å². The van der Waals surface area contributed by atoms with E-state index >= 15 is 0 Å². The first kappa shape index (κ1) is 14.9. The lowest BCUT2D eigenvalue weighted by atomic mass is 9.94. The van der Waals surface area contributed by atoms with Gasteiger partial charge in [0.05, 0.1) is 5.52 Å². The molecular formula is C23H22N2. The van der Waals surface area contributed by atoms with Crippen LogP contribution in [0.1, 0.15) is 30.4 Å². The molecule has 2 heteroatoms. The molecule has 0 N–H and O–H groups in total. The van der Waals surface area contributed by atoms with E-state index in [0.29, 0.717) is 12.1 Å². The van der Waals surface area contributed by atoms with Gasteiger partial charge in [0, 0.05) is 30.2 Å². The molecule has 1 aromatic heterocycles. The lowest BCUT2D eigenvalue weighted by Crippen LogP contribution is -2.37. The van der Waals surface area contributed by atoms with E-state index in [1.807, 2.05) is 0 Å². The lowest BCUT2D eigenvalue weighted by molar-refractivity contribution is 0.203. The number of hydrogen-bond donors (Lipinski definition) is 0. The molecule has 2 bridgehead atoms. The van der Waals surface area contributed by atoms with Crippen molar-refractivity contribution >= 4 is 16.5 Å². The molecule has 2 atom stereocenters. The monoisotopic (exact) mass is 326 g/mol. The number of fused-ring (bicyclic) bond motifs is 3. The van der Waals surface area contributed by atoms with E-state index in [-0.39, 0.29) is 0 Å². The zero-order valence-corrected chi connectivity index (χ0v) is 14.3. The van der Waals surface area contributed by atoms with Crippen LogP contribution < -0.4 is 0 Å². The Morgan fingerprint density at radius 2 is 1.80 bits per heavy atom. The Kier molecular flexibility index (Phi) is 3.64. The van der Waals surface area contributed by atoms with Crippen LogP contribution in [0.15, 0.2) is 72.9 Å². The summed E-state index contributed by atoms with van der Waals surface area (Å²) < 4.78 is 0. The van der Waals surface area contributed by atoms with Crippen molar-refractivity contribution in [1.29, 1.82) is 0 Å². The highest BCUT2D eigenvalue weighted by Gasteiger charge is 2.36. The van der Waals surface area contributed by atoms with Gasteiger partial charge in [-0.05, 0) is 48.1 Å². The second-order valence-electron chi connectivity index (χ2n) is 7.27. The molecule has 124 valence electrons. The lowest BCUT2D eigenvalue weighted by Gasteiger charge is -2.34. The Hall–Kier alpha value is -2.45. The molecule has 2 unspecified atom stereocenters. The second-order valence-corrected chi connectivity index (χ2v) is 7.27. The molecule has 25 heavy (non-hydrogen) atoms. The average Bonchev–Trinajstić information content (AvgIpc) is 2.90. The van der Waals surface area contributed by atoms with Gasteiger partial charge < -0.3 is 0 Å². The Morgan fingerprint density at radius 1 is 0.960 bits per heavy atom. The number of pyridine rings is 1. The van der Waals surface area contributed by atoms with Gasteiger partial charge in [-0.25, -0.2) is 0 Å². The molecule has 1 fully saturated rings. The predicted molar refractivity (Wildman–Crippen MR) is 103 cm³/mol. The van der Waals surface area contributed by atoms with Crippen LogP contribution in [0, 0.1) is 0 Å². The highest BCUT2D eigenvalue weighted by atomic mass is 15.2. The Labute approximate surface area is 148 Å². The largest absolute Gasteiger partial charge is 0.289 e. The molecule has 0 spiro atoms. The fourth-order valence-corrected chi connectivity index (χ4v) is 4.42. The third-order valence-electron chi connectivity index (χ3n) is 5.71. The minimum absolute atomic E-state index is 0.570. The number of aromatic nitrogens is 1. The second kappa shape index (κ2) is 6.12. The molecule has 3 heterocycles. The molecule has 0 saturated carbocycles. The maximum Gasteiger partial charge on any atom is 0.0702 e. The van der Waals surface area contributed by atoms with Gasteiger partial charge >= 0.3 is 0 Å². The van der Waals surface area contributed by atoms with Crippen molar-refractivity contribution in [2.45, 2.75) is 37.9 Å². The minimum atomic E-state index is 0.570. The standard InChI is InChI=1S/C23H22N2/c1-2-6-17(7-3-1)16-25-21-10-11-22(25)14-19(13-21)20-12-18-8-4-5-9-23(18)24-15-20/h1-9,12-13,15,21-22H,10-11,14,16H2. The van der Waals surface area contributed by atoms with Crippen molar-refractivity contribution in [1.82, 2.24) is 9.88 Å². The number of para-hydroxylation sites is 1. The number of nitrogens with zero attached hydrogens (tertiary/aromatic N) is 2. The summed E-state index contributed by atoms with van der Waals surface area (Å²) in [5, 5.41) is 1.24. The van der Waals surface area contributed by atoms with Crippen molar-refractivity contribution in [2.75, 3.05) is 0 Å². The highest BCUT2D eigenvalue weighted by Crippen LogP contribution is 2.39. The van der Waals surface area contributed by atoms with Crippen molar-refractivity contribution in [3.63, 3.8) is 0 Å². The van der Waals surface area contributed by atoms with Crippen LogP contribution in [-0.4, -0.2) is 22.0 Å². The molecule has 3 aromatic rings. The molecular weight excluding hydrogens is 304 g/mol. The summed E-state index contributed by atoms with van der Waals surface area (Å²) in [6.07, 6.45) is 8.28. The summed E-state index contributed by atoms with van der Waals surface area (Å²) >= 11 is 0. The first-order chi connectivity index (χ1) is 12.4. The summed E-state index contributed by atoms with van der Waals surface area (Å²) in [4.78, 5) is 7.35. The quantitative estimate of drug-likeness (QED) is 0.669. The molecule has 2 aromatic carbocycles. The van der Waals surface area contributed by atoms with Gasteiger partial charge in [0.1, 0.15) is 0 Å². The summed E-state index contributed by atoms with van der Waals surface area (Å²) in [5.74, 6) is 0. The minimum Gasteiger partial charge on any atom is -0.289 e. The fraction of sp³-hybridized carbons (Fsp3) is 0.261. The smallest absolute Gasteiger partial charge is 0.0702 e. The molecule has 2 aliphatic rings. The Bertz CT molecular complexity index is 929. The van der Waals surface area contributed by atoms with Gasteiger partial charge in [-0.2, -0.15) is 0 Å². The molecule has 1 saturated heterocycles. The van der Waals surface area contributed by atoms with E-state index in [1.54, 1.807) is 0 Å². The van der Waals surface area contributed by atoms with E-state index in [1.165, 1.54) is 34.9 Å². The molecule has 5 rings (SSSR count). The van der Waals surface area contributed by atoms with E-state index in [9.17, 15) is 0 Å². The first-order valence-electron chi connectivity index (χ1n) is 9.22. The molecule has 2 nitrogen and oxygen atoms in total. The van der Waals surface area contributed by atoms with E-state index in [0.717, 1.165) is 18.5 Å². The Morgan fingerprint density at radius 3 is 2.68 bits per heavy atom. The molecule has 2 aliphatic heterocycles. The summed E-state index contributed by atoms with van der Waals surface area (Å²) in [5.41, 5.74) is 5.28. The van der Waals surface area contributed by atoms with Gasteiger partial charge in [0.15, 0.2) is 0 Å². The van der Waals surface area contributed by atoms with E-state index < -0.39 is 0 Å². The Balaban J connectivity index is 1.43. The van der Waals surface area contributed by atoms with Gasteiger partial charge in [0.25, 0.3) is 0 Å². The highest BCUT2D eigenvalue weighted by molar-refractivity contribution is 5.82. The van der Waals surface area contributed by atoms with Crippen molar-refractivity contribution < 1.29 is 0 Å². The van der Waals surface area contributed by atoms with E-state index in [4.69, 9.17) is 0 Å². The van der Waals surface area contributed by atoms with E-state index in [2.05, 4.69) is 82.8 Å². The maximum absolute atomic E-state index is 4.66. The van der Waals surface area contributed by atoms with Gasteiger partial charge in [-0.15, -0.1) is 0 Å². The zero-order valence-electron chi connectivity index (χ0n) is 14.3. The number of rotatable bonds is 3. The van der Waals surface area contributed by atoms with Crippen LogP contribution in [0.3, 0.4) is 0 Å². The van der Waals surface area contributed by atoms with Crippen molar-refractivity contribution in [2.24, 2.45) is 0 Å². The predicted octanol–water partition coefficient (Wildman–Crippen LogP) is 5.06. The fourth-order valence-electron chi connectivity index (χ4n) is 4.42. The van der Waals surface area contributed by atoms with Crippen LogP contribution in [0.4, 0.5) is 0 Å². The molecule has 0 amide bonds.